The van der Waals surface area contributed by atoms with Crippen molar-refractivity contribution in [3.8, 4) is 0 Å². The van der Waals surface area contributed by atoms with Gasteiger partial charge in [0.25, 0.3) is 0 Å². The molecule has 2 unspecified atom stereocenters. The van der Waals surface area contributed by atoms with Gasteiger partial charge < -0.3 is 15.3 Å². The first-order valence-corrected chi connectivity index (χ1v) is 5.10. The molecule has 3 heteroatoms. The number of rotatable bonds is 1. The molecule has 0 aromatic carbocycles. The molecule has 2 atom stereocenters. The predicted molar refractivity (Wildman–Crippen MR) is 53.9 cm³/mol. The summed E-state index contributed by atoms with van der Waals surface area (Å²) in [6.45, 7) is 4.21. The zero-order valence-electron chi connectivity index (χ0n) is 8.71. The molecule has 0 saturated carbocycles. The monoisotopic (exact) mass is 195 g/mol. The van der Waals surface area contributed by atoms with Crippen molar-refractivity contribution in [1.82, 2.24) is 0 Å². The van der Waals surface area contributed by atoms with Crippen molar-refractivity contribution in [3.63, 3.8) is 0 Å². The van der Waals surface area contributed by atoms with Crippen LogP contribution in [0.25, 0.3) is 0 Å². The Morgan fingerprint density at radius 2 is 2.43 bits per heavy atom. The lowest BCUT2D eigenvalue weighted by molar-refractivity contribution is -0.0212. The maximum absolute atomic E-state index is 10.4. The number of hydrogen-bond acceptors (Lipinski definition) is 3. The summed E-state index contributed by atoms with van der Waals surface area (Å²) in [6.07, 6.45) is 1.85. The number of hydrogen-bond donors (Lipinski definition) is 2. The lowest BCUT2D eigenvalue weighted by atomic mass is 9.75. The second-order valence-corrected chi connectivity index (χ2v) is 4.26. The molecule has 1 aromatic heterocycles. The Labute approximate surface area is 83.9 Å². The maximum Gasteiger partial charge on any atom is 0.110 e. The van der Waals surface area contributed by atoms with Gasteiger partial charge in [0, 0.05) is 18.5 Å². The zero-order valence-corrected chi connectivity index (χ0v) is 8.71. The molecule has 0 saturated heterocycles. The summed E-state index contributed by atoms with van der Waals surface area (Å²) in [5.74, 6) is 1.97. The van der Waals surface area contributed by atoms with E-state index >= 15 is 0 Å². The number of nitrogens with two attached hydrogens (primary N) is 1. The summed E-state index contributed by atoms with van der Waals surface area (Å²) >= 11 is 0. The van der Waals surface area contributed by atoms with Gasteiger partial charge in [0.15, 0.2) is 0 Å². The SMILES string of the molecule is Cc1cc2c(o1)CCC(C)C2(O)CN. The number of aryl methyl sites for hydroxylation is 2. The van der Waals surface area contributed by atoms with Gasteiger partial charge in [-0.15, -0.1) is 0 Å². The van der Waals surface area contributed by atoms with Crippen LogP contribution in [-0.2, 0) is 12.0 Å². The average Bonchev–Trinajstić information content (AvgIpc) is 2.54. The molecule has 1 aromatic rings. The Hall–Kier alpha value is -0.800. The minimum absolute atomic E-state index is 0.206. The molecule has 0 aliphatic heterocycles. The molecule has 3 nitrogen and oxygen atoms in total. The van der Waals surface area contributed by atoms with Crippen LogP contribution in [0.1, 0.15) is 30.4 Å². The lowest BCUT2D eigenvalue weighted by Gasteiger charge is -2.36. The summed E-state index contributed by atoms with van der Waals surface area (Å²) in [4.78, 5) is 0. The molecule has 3 N–H and O–H groups in total. The molecule has 1 aliphatic carbocycles. The van der Waals surface area contributed by atoms with Gasteiger partial charge in [0.1, 0.15) is 17.1 Å². The molecule has 78 valence electrons. The minimum Gasteiger partial charge on any atom is -0.466 e. The molecule has 2 rings (SSSR count). The lowest BCUT2D eigenvalue weighted by Crippen LogP contribution is -2.43. The highest BCUT2D eigenvalue weighted by Crippen LogP contribution is 2.40. The van der Waals surface area contributed by atoms with E-state index in [2.05, 4.69) is 0 Å². The molecular weight excluding hydrogens is 178 g/mol. The second kappa shape index (κ2) is 3.11. The third kappa shape index (κ3) is 1.20. The summed E-state index contributed by atoms with van der Waals surface area (Å²) < 4.78 is 5.54. The zero-order chi connectivity index (χ0) is 10.3. The molecule has 0 spiro atoms. The van der Waals surface area contributed by atoms with Gasteiger partial charge in [-0.05, 0) is 25.3 Å². The van der Waals surface area contributed by atoms with Gasteiger partial charge in [0.2, 0.25) is 0 Å². The number of fused-ring (bicyclic) bond motifs is 1. The Morgan fingerprint density at radius 3 is 3.07 bits per heavy atom. The van der Waals surface area contributed by atoms with Crippen molar-refractivity contribution in [2.45, 2.75) is 32.3 Å². The van der Waals surface area contributed by atoms with Gasteiger partial charge in [-0.2, -0.15) is 0 Å². The van der Waals surface area contributed by atoms with Crippen molar-refractivity contribution < 1.29 is 9.52 Å². The molecule has 14 heavy (non-hydrogen) atoms. The van der Waals surface area contributed by atoms with E-state index < -0.39 is 5.60 Å². The quantitative estimate of drug-likeness (QED) is 0.710. The standard InChI is InChI=1S/C11H17NO2/c1-7-3-4-10-9(5-8(2)14-10)11(7,13)6-12/h5,7,13H,3-4,6,12H2,1-2H3. The smallest absolute Gasteiger partial charge is 0.110 e. The topological polar surface area (TPSA) is 59.4 Å². The first kappa shape index (κ1) is 9.74. The van der Waals surface area contributed by atoms with E-state index in [4.69, 9.17) is 10.2 Å². The summed E-state index contributed by atoms with van der Waals surface area (Å²) in [6, 6.07) is 1.91. The Balaban J connectivity index is 2.51. The Morgan fingerprint density at radius 1 is 1.71 bits per heavy atom. The van der Waals surface area contributed by atoms with E-state index in [1.54, 1.807) is 0 Å². The van der Waals surface area contributed by atoms with Gasteiger partial charge >= 0.3 is 0 Å². The molecule has 0 bridgehead atoms. The number of furan rings is 1. The third-order valence-electron chi connectivity index (χ3n) is 3.33. The normalized spacial score (nSPS) is 31.6. The Bertz CT molecular complexity index is 345. The highest BCUT2D eigenvalue weighted by molar-refractivity contribution is 5.31. The molecular formula is C11H17NO2. The third-order valence-corrected chi connectivity index (χ3v) is 3.33. The minimum atomic E-state index is -0.884. The van der Waals surface area contributed by atoms with E-state index in [9.17, 15) is 5.11 Å². The van der Waals surface area contributed by atoms with Crippen LogP contribution >= 0.6 is 0 Å². The maximum atomic E-state index is 10.4. The van der Waals surface area contributed by atoms with E-state index in [-0.39, 0.29) is 12.5 Å². The van der Waals surface area contributed by atoms with Crippen LogP contribution < -0.4 is 5.73 Å². The van der Waals surface area contributed by atoms with Gasteiger partial charge in [0.05, 0.1) is 0 Å². The van der Waals surface area contributed by atoms with Crippen LogP contribution in [-0.4, -0.2) is 11.7 Å². The van der Waals surface area contributed by atoms with Crippen LogP contribution in [0.2, 0.25) is 0 Å². The summed E-state index contributed by atoms with van der Waals surface area (Å²) in [7, 11) is 0. The predicted octanol–water partition coefficient (Wildman–Crippen LogP) is 1.32. The van der Waals surface area contributed by atoms with Crippen molar-refractivity contribution in [2.24, 2.45) is 11.7 Å². The van der Waals surface area contributed by atoms with Gasteiger partial charge in [-0.1, -0.05) is 6.92 Å². The van der Waals surface area contributed by atoms with Crippen LogP contribution in [0.3, 0.4) is 0 Å². The number of aliphatic hydroxyl groups is 1. The fraction of sp³-hybridized carbons (Fsp3) is 0.636. The summed E-state index contributed by atoms with van der Waals surface area (Å²) in [5, 5.41) is 10.4. The Kier molecular flexibility index (Phi) is 2.16. The molecule has 0 fully saturated rings. The molecule has 1 aliphatic rings. The van der Waals surface area contributed by atoms with Crippen molar-refractivity contribution in [3.05, 3.63) is 23.2 Å². The van der Waals surface area contributed by atoms with Crippen LogP contribution in [0, 0.1) is 12.8 Å². The second-order valence-electron chi connectivity index (χ2n) is 4.26. The van der Waals surface area contributed by atoms with Gasteiger partial charge in [-0.25, -0.2) is 0 Å². The van der Waals surface area contributed by atoms with Crippen LogP contribution in [0.5, 0.6) is 0 Å². The van der Waals surface area contributed by atoms with E-state index in [0.717, 1.165) is 29.9 Å². The summed E-state index contributed by atoms with van der Waals surface area (Å²) in [5.41, 5.74) is 5.68. The molecule has 1 heterocycles. The van der Waals surface area contributed by atoms with E-state index in [1.807, 2.05) is 19.9 Å². The molecule has 0 amide bonds. The van der Waals surface area contributed by atoms with Crippen LogP contribution in [0.15, 0.2) is 10.5 Å². The fourth-order valence-corrected chi connectivity index (χ4v) is 2.28. The van der Waals surface area contributed by atoms with Crippen molar-refractivity contribution in [2.75, 3.05) is 6.54 Å². The van der Waals surface area contributed by atoms with Crippen molar-refractivity contribution in [1.29, 1.82) is 0 Å². The largest absolute Gasteiger partial charge is 0.466 e. The van der Waals surface area contributed by atoms with Crippen molar-refractivity contribution >= 4 is 0 Å². The van der Waals surface area contributed by atoms with E-state index in [0.29, 0.717) is 0 Å². The first-order valence-electron chi connectivity index (χ1n) is 5.10. The highest BCUT2D eigenvalue weighted by Gasteiger charge is 2.41. The van der Waals surface area contributed by atoms with E-state index in [1.165, 1.54) is 0 Å². The fourth-order valence-electron chi connectivity index (χ4n) is 2.28. The first-order chi connectivity index (χ1) is 6.58. The highest BCUT2D eigenvalue weighted by atomic mass is 16.3. The molecule has 0 radical (unpaired) electrons. The average molecular weight is 195 g/mol. The van der Waals surface area contributed by atoms with Crippen LogP contribution in [0.4, 0.5) is 0 Å². The van der Waals surface area contributed by atoms with Gasteiger partial charge in [-0.3, -0.25) is 0 Å².